The van der Waals surface area contributed by atoms with Crippen LogP contribution in [0.2, 0.25) is 0 Å². The Morgan fingerprint density at radius 3 is 2.76 bits per heavy atom. The molecule has 0 saturated carbocycles. The van der Waals surface area contributed by atoms with Crippen molar-refractivity contribution in [1.82, 2.24) is 5.32 Å². The van der Waals surface area contributed by atoms with E-state index in [-0.39, 0.29) is 12.0 Å². The van der Waals surface area contributed by atoms with Crippen molar-refractivity contribution >= 4 is 11.6 Å². The largest absolute Gasteiger partial charge is 0.398 e. The summed E-state index contributed by atoms with van der Waals surface area (Å²) in [4.78, 5) is 11.9. The SMILES string of the molecule is Cc1cccc(N)c1C(=O)NCCOC(C)C. The van der Waals surface area contributed by atoms with E-state index in [4.69, 9.17) is 10.5 Å². The summed E-state index contributed by atoms with van der Waals surface area (Å²) in [6.45, 7) is 6.79. The molecule has 4 heteroatoms. The molecule has 1 amide bonds. The van der Waals surface area contributed by atoms with Gasteiger partial charge < -0.3 is 15.8 Å². The molecule has 1 aromatic carbocycles. The maximum Gasteiger partial charge on any atom is 0.253 e. The second-order valence-corrected chi connectivity index (χ2v) is 4.21. The van der Waals surface area contributed by atoms with Gasteiger partial charge in [-0.05, 0) is 32.4 Å². The molecule has 94 valence electrons. The van der Waals surface area contributed by atoms with E-state index in [1.165, 1.54) is 0 Å². The van der Waals surface area contributed by atoms with E-state index in [2.05, 4.69) is 5.32 Å². The first-order valence-corrected chi connectivity index (χ1v) is 5.77. The minimum absolute atomic E-state index is 0.145. The molecule has 0 aliphatic rings. The quantitative estimate of drug-likeness (QED) is 0.604. The van der Waals surface area contributed by atoms with Crippen LogP contribution in [0.25, 0.3) is 0 Å². The summed E-state index contributed by atoms with van der Waals surface area (Å²) in [6, 6.07) is 5.44. The number of carbonyl (C=O) groups is 1. The highest BCUT2D eigenvalue weighted by molar-refractivity contribution is 6.00. The number of benzene rings is 1. The van der Waals surface area contributed by atoms with E-state index >= 15 is 0 Å². The van der Waals surface area contributed by atoms with E-state index in [1.807, 2.05) is 32.9 Å². The molecule has 3 N–H and O–H groups in total. The molecule has 0 spiro atoms. The first kappa shape index (κ1) is 13.5. The molecule has 0 aliphatic heterocycles. The zero-order valence-corrected chi connectivity index (χ0v) is 10.6. The fraction of sp³-hybridized carbons (Fsp3) is 0.462. The number of aryl methyl sites for hydroxylation is 1. The summed E-state index contributed by atoms with van der Waals surface area (Å²) in [6.07, 6.45) is 0.176. The lowest BCUT2D eigenvalue weighted by molar-refractivity contribution is 0.0746. The smallest absolute Gasteiger partial charge is 0.253 e. The molecular formula is C13H20N2O2. The molecule has 0 unspecified atom stereocenters. The fourth-order valence-corrected chi connectivity index (χ4v) is 1.55. The van der Waals surface area contributed by atoms with Gasteiger partial charge in [0.25, 0.3) is 5.91 Å². The standard InChI is InChI=1S/C13H20N2O2/c1-9(2)17-8-7-15-13(16)12-10(3)5-4-6-11(12)14/h4-6,9H,7-8,14H2,1-3H3,(H,15,16). The molecule has 17 heavy (non-hydrogen) atoms. The van der Waals surface area contributed by atoms with Gasteiger partial charge in [-0.2, -0.15) is 0 Å². The van der Waals surface area contributed by atoms with Gasteiger partial charge in [-0.15, -0.1) is 0 Å². The fourth-order valence-electron chi connectivity index (χ4n) is 1.55. The van der Waals surface area contributed by atoms with Gasteiger partial charge in [-0.1, -0.05) is 12.1 Å². The van der Waals surface area contributed by atoms with E-state index in [0.29, 0.717) is 24.4 Å². The third-order valence-corrected chi connectivity index (χ3v) is 2.37. The Morgan fingerprint density at radius 1 is 1.47 bits per heavy atom. The van der Waals surface area contributed by atoms with E-state index in [1.54, 1.807) is 6.07 Å². The summed E-state index contributed by atoms with van der Waals surface area (Å²) >= 11 is 0. The molecule has 0 bridgehead atoms. The predicted molar refractivity (Wildman–Crippen MR) is 69.0 cm³/mol. The van der Waals surface area contributed by atoms with Crippen molar-refractivity contribution in [2.24, 2.45) is 0 Å². The number of amides is 1. The van der Waals surface area contributed by atoms with Crippen LogP contribution >= 0.6 is 0 Å². The number of nitrogens with one attached hydrogen (secondary N) is 1. The van der Waals surface area contributed by atoms with Gasteiger partial charge in [0.1, 0.15) is 0 Å². The predicted octanol–water partition coefficient (Wildman–Crippen LogP) is 1.73. The molecule has 4 nitrogen and oxygen atoms in total. The second kappa shape index (κ2) is 6.25. The number of nitrogen functional groups attached to an aromatic ring is 1. The third kappa shape index (κ3) is 4.07. The van der Waals surface area contributed by atoms with Gasteiger partial charge in [-0.3, -0.25) is 4.79 Å². The maximum absolute atomic E-state index is 11.9. The monoisotopic (exact) mass is 236 g/mol. The first-order valence-electron chi connectivity index (χ1n) is 5.77. The van der Waals surface area contributed by atoms with Crippen molar-refractivity contribution in [1.29, 1.82) is 0 Å². The molecule has 0 aliphatic carbocycles. The molecule has 1 aromatic rings. The van der Waals surface area contributed by atoms with Crippen LogP contribution in [0.4, 0.5) is 5.69 Å². The van der Waals surface area contributed by atoms with Gasteiger partial charge in [0.2, 0.25) is 0 Å². The van der Waals surface area contributed by atoms with Gasteiger partial charge >= 0.3 is 0 Å². The highest BCUT2D eigenvalue weighted by Gasteiger charge is 2.11. The summed E-state index contributed by atoms with van der Waals surface area (Å²) in [7, 11) is 0. The average molecular weight is 236 g/mol. The number of rotatable bonds is 5. The van der Waals surface area contributed by atoms with Crippen molar-refractivity contribution in [2.75, 3.05) is 18.9 Å². The van der Waals surface area contributed by atoms with E-state index in [0.717, 1.165) is 5.56 Å². The lowest BCUT2D eigenvalue weighted by Crippen LogP contribution is -2.29. The van der Waals surface area contributed by atoms with Gasteiger partial charge in [0.05, 0.1) is 18.3 Å². The highest BCUT2D eigenvalue weighted by atomic mass is 16.5. The van der Waals surface area contributed by atoms with Gasteiger partial charge in [-0.25, -0.2) is 0 Å². The zero-order valence-electron chi connectivity index (χ0n) is 10.6. The summed E-state index contributed by atoms with van der Waals surface area (Å²) in [5.74, 6) is -0.145. The minimum atomic E-state index is -0.145. The highest BCUT2D eigenvalue weighted by Crippen LogP contribution is 2.15. The summed E-state index contributed by atoms with van der Waals surface area (Å²) in [5, 5.41) is 2.79. The Bertz CT molecular complexity index is 369. The van der Waals surface area contributed by atoms with Crippen LogP contribution in [0.1, 0.15) is 29.8 Å². The Morgan fingerprint density at radius 2 is 2.18 bits per heavy atom. The van der Waals surface area contributed by atoms with Crippen molar-refractivity contribution < 1.29 is 9.53 Å². The lowest BCUT2D eigenvalue weighted by Gasteiger charge is -2.11. The van der Waals surface area contributed by atoms with Crippen molar-refractivity contribution in [3.05, 3.63) is 29.3 Å². The Balaban J connectivity index is 2.53. The third-order valence-electron chi connectivity index (χ3n) is 2.37. The van der Waals surface area contributed by atoms with Gasteiger partial charge in [0.15, 0.2) is 0 Å². The van der Waals surface area contributed by atoms with Crippen LogP contribution in [0.15, 0.2) is 18.2 Å². The number of ether oxygens (including phenoxy) is 1. The molecule has 0 radical (unpaired) electrons. The topological polar surface area (TPSA) is 64.4 Å². The Kier molecular flexibility index (Phi) is 4.97. The summed E-state index contributed by atoms with van der Waals surface area (Å²) < 4.78 is 5.34. The van der Waals surface area contributed by atoms with Crippen molar-refractivity contribution in [3.8, 4) is 0 Å². The molecule has 0 fully saturated rings. The Labute approximate surface area is 102 Å². The van der Waals surface area contributed by atoms with Crippen molar-refractivity contribution in [3.63, 3.8) is 0 Å². The lowest BCUT2D eigenvalue weighted by atomic mass is 10.1. The normalized spacial score (nSPS) is 10.6. The maximum atomic E-state index is 11.9. The summed E-state index contributed by atoms with van der Waals surface area (Å²) in [5.41, 5.74) is 7.72. The Hall–Kier alpha value is -1.55. The first-order chi connectivity index (χ1) is 8.02. The van der Waals surface area contributed by atoms with Crippen LogP contribution < -0.4 is 11.1 Å². The minimum Gasteiger partial charge on any atom is -0.398 e. The van der Waals surface area contributed by atoms with Crippen LogP contribution in [0.5, 0.6) is 0 Å². The van der Waals surface area contributed by atoms with Crippen LogP contribution in [0, 0.1) is 6.92 Å². The van der Waals surface area contributed by atoms with Crippen molar-refractivity contribution in [2.45, 2.75) is 26.9 Å². The average Bonchev–Trinajstić information content (AvgIpc) is 2.24. The molecule has 0 heterocycles. The number of nitrogens with two attached hydrogens (primary N) is 1. The molecule has 0 atom stereocenters. The molecule has 0 saturated heterocycles. The van der Waals surface area contributed by atoms with E-state index < -0.39 is 0 Å². The number of hydrogen-bond acceptors (Lipinski definition) is 3. The van der Waals surface area contributed by atoms with Crippen LogP contribution in [0.3, 0.4) is 0 Å². The zero-order chi connectivity index (χ0) is 12.8. The number of hydrogen-bond donors (Lipinski definition) is 2. The van der Waals surface area contributed by atoms with Gasteiger partial charge in [0, 0.05) is 12.2 Å². The van der Waals surface area contributed by atoms with E-state index in [9.17, 15) is 4.79 Å². The second-order valence-electron chi connectivity index (χ2n) is 4.21. The number of carbonyl (C=O) groups excluding carboxylic acids is 1. The molecule has 0 aromatic heterocycles. The molecular weight excluding hydrogens is 216 g/mol. The molecule has 1 rings (SSSR count). The number of anilines is 1. The van der Waals surface area contributed by atoms with Crippen LogP contribution in [-0.4, -0.2) is 25.2 Å². The van der Waals surface area contributed by atoms with Crippen LogP contribution in [-0.2, 0) is 4.74 Å².